The first-order valence-corrected chi connectivity index (χ1v) is 10.8. The topological polar surface area (TPSA) is 55.8 Å². The second-order valence-electron chi connectivity index (χ2n) is 8.99. The van der Waals surface area contributed by atoms with Crippen LogP contribution in [-0.2, 0) is 9.59 Å². The number of benzene rings is 2. The maximum absolute atomic E-state index is 13.8. The Labute approximate surface area is 191 Å². The molecule has 0 bridgehead atoms. The fourth-order valence-electron chi connectivity index (χ4n) is 4.71. The molecule has 0 saturated heterocycles. The number of ketones is 1. The number of hydrogen-bond acceptors (Lipinski definition) is 4. The third-order valence-electron chi connectivity index (χ3n) is 6.12. The summed E-state index contributed by atoms with van der Waals surface area (Å²) in [6, 6.07) is 9.58. The van der Waals surface area contributed by atoms with E-state index in [0.29, 0.717) is 41.3 Å². The van der Waals surface area contributed by atoms with Crippen LogP contribution >= 0.6 is 11.6 Å². The third-order valence-corrected chi connectivity index (χ3v) is 6.41. The van der Waals surface area contributed by atoms with Crippen LogP contribution < -0.4 is 14.4 Å². The summed E-state index contributed by atoms with van der Waals surface area (Å²) in [5.41, 5.74) is 2.16. The highest BCUT2D eigenvalue weighted by atomic mass is 35.5. The molecule has 1 aliphatic heterocycles. The highest BCUT2D eigenvalue weighted by Gasteiger charge is 2.45. The molecule has 0 N–H and O–H groups in total. The van der Waals surface area contributed by atoms with Crippen molar-refractivity contribution in [2.75, 3.05) is 19.1 Å². The molecule has 5 nitrogen and oxygen atoms in total. The van der Waals surface area contributed by atoms with Crippen LogP contribution in [-0.4, -0.2) is 25.9 Å². The molecule has 32 heavy (non-hydrogen) atoms. The van der Waals surface area contributed by atoms with Crippen molar-refractivity contribution in [3.05, 3.63) is 64.1 Å². The molecule has 0 aromatic heterocycles. The lowest BCUT2D eigenvalue weighted by molar-refractivity contribution is -0.121. The van der Waals surface area contributed by atoms with Gasteiger partial charge in [0.15, 0.2) is 5.78 Å². The van der Waals surface area contributed by atoms with Crippen molar-refractivity contribution in [1.82, 2.24) is 0 Å². The molecule has 2 aliphatic rings. The molecule has 4 rings (SSSR count). The van der Waals surface area contributed by atoms with Crippen LogP contribution in [0.15, 0.2) is 47.7 Å². The molecule has 2 aromatic rings. The van der Waals surface area contributed by atoms with Gasteiger partial charge in [0.25, 0.3) is 0 Å². The van der Waals surface area contributed by atoms with Gasteiger partial charge in [0.2, 0.25) is 5.91 Å². The van der Waals surface area contributed by atoms with Crippen LogP contribution in [0.4, 0.5) is 10.1 Å². The molecular formula is C25H25ClFNO4. The minimum Gasteiger partial charge on any atom is -0.497 e. The first-order chi connectivity index (χ1) is 15.1. The molecule has 0 fully saturated rings. The van der Waals surface area contributed by atoms with Crippen LogP contribution in [0.25, 0.3) is 0 Å². The lowest BCUT2D eigenvalue weighted by Gasteiger charge is -2.43. The van der Waals surface area contributed by atoms with E-state index in [9.17, 15) is 14.0 Å². The van der Waals surface area contributed by atoms with Gasteiger partial charge in [-0.25, -0.2) is 4.39 Å². The number of allylic oxidation sites excluding steroid dienone is 2. The minimum absolute atomic E-state index is 0.00447. The average Bonchev–Trinajstić information content (AvgIpc) is 2.73. The highest BCUT2D eigenvalue weighted by molar-refractivity contribution is 6.31. The van der Waals surface area contributed by atoms with Crippen LogP contribution in [0.3, 0.4) is 0 Å². The summed E-state index contributed by atoms with van der Waals surface area (Å²) in [5, 5.41) is -0.0715. The Bertz CT molecular complexity index is 1140. The van der Waals surface area contributed by atoms with Gasteiger partial charge in [-0.1, -0.05) is 31.5 Å². The van der Waals surface area contributed by atoms with E-state index in [4.69, 9.17) is 21.1 Å². The van der Waals surface area contributed by atoms with Crippen LogP contribution in [0.2, 0.25) is 5.02 Å². The van der Waals surface area contributed by atoms with Crippen molar-refractivity contribution in [3.63, 3.8) is 0 Å². The van der Waals surface area contributed by atoms with Crippen LogP contribution in [0.5, 0.6) is 11.5 Å². The lowest BCUT2D eigenvalue weighted by Crippen LogP contribution is -2.43. The monoisotopic (exact) mass is 457 g/mol. The summed E-state index contributed by atoms with van der Waals surface area (Å²) >= 11 is 6.01. The predicted octanol–water partition coefficient (Wildman–Crippen LogP) is 5.66. The molecule has 2 aromatic carbocycles. The Balaban J connectivity index is 1.91. The summed E-state index contributed by atoms with van der Waals surface area (Å²) in [7, 11) is 3.12. The van der Waals surface area contributed by atoms with E-state index in [2.05, 4.69) is 0 Å². The number of hydrogen-bond donors (Lipinski definition) is 0. The predicted molar refractivity (Wildman–Crippen MR) is 121 cm³/mol. The Kier molecular flexibility index (Phi) is 5.76. The van der Waals surface area contributed by atoms with Gasteiger partial charge >= 0.3 is 0 Å². The molecule has 0 spiro atoms. The second-order valence-corrected chi connectivity index (χ2v) is 9.40. The van der Waals surface area contributed by atoms with Crippen molar-refractivity contribution in [2.24, 2.45) is 5.41 Å². The number of ether oxygens (including phenoxy) is 2. The number of rotatable bonds is 4. The van der Waals surface area contributed by atoms with Crippen molar-refractivity contribution in [3.8, 4) is 11.5 Å². The number of carbonyl (C=O) groups excluding carboxylic acids is 2. The Morgan fingerprint density at radius 3 is 2.47 bits per heavy atom. The summed E-state index contributed by atoms with van der Waals surface area (Å²) in [6.45, 7) is 4.01. The Hall–Kier alpha value is -2.86. The average molecular weight is 458 g/mol. The number of nitrogens with zero attached hydrogens (tertiary/aromatic N) is 1. The largest absolute Gasteiger partial charge is 0.497 e. The van der Waals surface area contributed by atoms with Gasteiger partial charge in [0.05, 0.1) is 24.9 Å². The van der Waals surface area contributed by atoms with E-state index in [1.165, 1.54) is 23.1 Å². The number of halogens is 2. The number of methoxy groups -OCH3 is 2. The zero-order chi connectivity index (χ0) is 23.2. The van der Waals surface area contributed by atoms with Gasteiger partial charge in [-0.3, -0.25) is 14.5 Å². The van der Waals surface area contributed by atoms with E-state index in [0.717, 1.165) is 5.56 Å². The van der Waals surface area contributed by atoms with Gasteiger partial charge < -0.3 is 9.47 Å². The van der Waals surface area contributed by atoms with Crippen molar-refractivity contribution < 1.29 is 23.5 Å². The molecular weight excluding hydrogens is 433 g/mol. The molecule has 1 heterocycles. The standard InChI is InChI=1S/C25H25ClFNO4/c1-25(2)12-20-24(21(29)13-25)17(16-7-6-15(31-3)10-22(16)32-4)11-23(30)28(20)14-5-8-19(27)18(26)9-14/h5-10,17H,11-13H2,1-4H3. The maximum Gasteiger partial charge on any atom is 0.232 e. The van der Waals surface area contributed by atoms with Gasteiger partial charge in [0, 0.05) is 41.7 Å². The molecule has 1 aliphatic carbocycles. The number of Topliss-reactive ketones (excluding diaryl/α,β-unsaturated/α-hetero) is 1. The minimum atomic E-state index is -0.560. The summed E-state index contributed by atoms with van der Waals surface area (Å²) < 4.78 is 24.7. The quantitative estimate of drug-likeness (QED) is 0.594. The maximum atomic E-state index is 13.8. The molecule has 7 heteroatoms. The molecule has 1 atom stereocenters. The number of amides is 1. The summed E-state index contributed by atoms with van der Waals surface area (Å²) in [6.07, 6.45) is 0.999. The van der Waals surface area contributed by atoms with Gasteiger partial charge in [0.1, 0.15) is 17.3 Å². The van der Waals surface area contributed by atoms with Gasteiger partial charge in [-0.15, -0.1) is 0 Å². The molecule has 0 radical (unpaired) electrons. The number of anilines is 1. The Morgan fingerprint density at radius 2 is 1.81 bits per heavy atom. The number of carbonyl (C=O) groups is 2. The fraction of sp³-hybridized carbons (Fsp3) is 0.360. The van der Waals surface area contributed by atoms with E-state index in [-0.39, 0.29) is 28.5 Å². The van der Waals surface area contributed by atoms with Gasteiger partial charge in [-0.05, 0) is 36.1 Å². The smallest absolute Gasteiger partial charge is 0.232 e. The first kappa shape index (κ1) is 22.3. The van der Waals surface area contributed by atoms with Crippen LogP contribution in [0.1, 0.15) is 44.6 Å². The lowest BCUT2D eigenvalue weighted by atomic mass is 9.69. The fourth-order valence-corrected chi connectivity index (χ4v) is 4.89. The SMILES string of the molecule is COc1ccc(C2CC(=O)N(c3ccc(F)c(Cl)c3)C3=C2C(=O)CC(C)(C)C3)c(OC)c1. The molecule has 1 unspecified atom stereocenters. The van der Waals surface area contributed by atoms with E-state index in [1.807, 2.05) is 19.9 Å². The Morgan fingerprint density at radius 1 is 1.06 bits per heavy atom. The van der Waals surface area contributed by atoms with E-state index in [1.54, 1.807) is 26.4 Å². The van der Waals surface area contributed by atoms with Crippen molar-refractivity contribution >= 4 is 29.0 Å². The normalized spacial score (nSPS) is 20.3. The van der Waals surface area contributed by atoms with E-state index >= 15 is 0 Å². The summed E-state index contributed by atoms with van der Waals surface area (Å²) in [5.74, 6) is 0.0132. The first-order valence-electron chi connectivity index (χ1n) is 10.4. The van der Waals surface area contributed by atoms with Crippen molar-refractivity contribution in [1.29, 1.82) is 0 Å². The zero-order valence-electron chi connectivity index (χ0n) is 18.5. The molecule has 0 saturated carbocycles. The molecule has 1 amide bonds. The van der Waals surface area contributed by atoms with Crippen LogP contribution in [0, 0.1) is 11.2 Å². The summed E-state index contributed by atoms with van der Waals surface area (Å²) in [4.78, 5) is 28.4. The second kappa shape index (κ2) is 8.24. The third kappa shape index (κ3) is 3.88. The highest BCUT2D eigenvalue weighted by Crippen LogP contribution is 2.50. The van der Waals surface area contributed by atoms with E-state index < -0.39 is 11.7 Å². The van der Waals surface area contributed by atoms with Crippen molar-refractivity contribution in [2.45, 2.75) is 39.0 Å². The molecule has 168 valence electrons. The zero-order valence-corrected chi connectivity index (χ0v) is 19.3. The van der Waals surface area contributed by atoms with Gasteiger partial charge in [-0.2, -0.15) is 0 Å².